The first-order chi connectivity index (χ1) is 13.1. The fourth-order valence-corrected chi connectivity index (χ4v) is 4.81. The number of benzene rings is 1. The zero-order valence-corrected chi connectivity index (χ0v) is 17.7. The predicted molar refractivity (Wildman–Crippen MR) is 111 cm³/mol. The van der Waals surface area contributed by atoms with Crippen LogP contribution < -0.4 is 10.5 Å². The molecule has 28 heavy (non-hydrogen) atoms. The lowest BCUT2D eigenvalue weighted by Gasteiger charge is -2.48. The number of aryl methyl sites for hydroxylation is 1. The highest BCUT2D eigenvalue weighted by Crippen LogP contribution is 2.51. The van der Waals surface area contributed by atoms with Gasteiger partial charge in [0.25, 0.3) is 0 Å². The van der Waals surface area contributed by atoms with E-state index in [0.29, 0.717) is 11.1 Å². The molecule has 2 aromatic rings. The van der Waals surface area contributed by atoms with Gasteiger partial charge in [0.05, 0.1) is 6.61 Å². The molecule has 0 atom stereocenters. The van der Waals surface area contributed by atoms with Crippen LogP contribution in [0.15, 0.2) is 15.3 Å². The van der Waals surface area contributed by atoms with E-state index in [1.807, 2.05) is 6.92 Å². The topological polar surface area (TPSA) is 59.8 Å². The first-order valence-electron chi connectivity index (χ1n) is 10.2. The first-order valence-corrected chi connectivity index (χ1v) is 10.2. The highest BCUT2D eigenvalue weighted by atomic mass is 16.5. The summed E-state index contributed by atoms with van der Waals surface area (Å²) >= 11 is 0. The number of anilines is 1. The first kappa shape index (κ1) is 19.0. The summed E-state index contributed by atoms with van der Waals surface area (Å²) in [6.45, 7) is 14.8. The minimum absolute atomic E-state index is 0.0144. The monoisotopic (exact) mass is 383 g/mol. The van der Waals surface area contributed by atoms with Crippen LogP contribution in [0.4, 0.5) is 5.69 Å². The summed E-state index contributed by atoms with van der Waals surface area (Å²) in [7, 11) is 0. The third-order valence-corrected chi connectivity index (χ3v) is 6.65. The zero-order valence-electron chi connectivity index (χ0n) is 17.7. The van der Waals surface area contributed by atoms with E-state index in [4.69, 9.17) is 9.15 Å². The summed E-state index contributed by atoms with van der Waals surface area (Å²) < 4.78 is 10.9. The number of carbonyl (C=O) groups excluding carboxylic acids is 1. The molecule has 0 fully saturated rings. The lowest BCUT2D eigenvalue weighted by atomic mass is 9.69. The molecule has 5 heteroatoms. The number of fused-ring (bicyclic) bond motifs is 2. The van der Waals surface area contributed by atoms with Crippen LogP contribution in [0, 0.1) is 6.92 Å². The van der Waals surface area contributed by atoms with Crippen molar-refractivity contribution in [2.45, 2.75) is 65.2 Å². The predicted octanol–water partition coefficient (Wildman–Crippen LogP) is 4.45. The second-order valence-electron chi connectivity index (χ2n) is 9.39. The second-order valence-corrected chi connectivity index (χ2v) is 9.39. The average Bonchev–Trinajstić information content (AvgIpc) is 2.59. The van der Waals surface area contributed by atoms with Gasteiger partial charge in [-0.15, -0.1) is 0 Å². The molecular weight excluding hydrogens is 354 g/mol. The molecule has 0 bridgehead atoms. The molecule has 0 saturated carbocycles. The average molecular weight is 383 g/mol. The number of ether oxygens (including phenoxy) is 1. The molecule has 0 spiro atoms. The van der Waals surface area contributed by atoms with Crippen LogP contribution in [0.5, 0.6) is 0 Å². The minimum atomic E-state index is -0.609. The maximum absolute atomic E-state index is 12.8. The van der Waals surface area contributed by atoms with Crippen LogP contribution in [-0.2, 0) is 15.6 Å². The summed E-state index contributed by atoms with van der Waals surface area (Å²) in [6, 6.07) is 2.14. The molecule has 0 N–H and O–H groups in total. The lowest BCUT2D eigenvalue weighted by molar-refractivity contribution is 0.0521. The van der Waals surface area contributed by atoms with Crippen LogP contribution in [0.1, 0.15) is 74.5 Å². The molecule has 0 radical (unpaired) electrons. The van der Waals surface area contributed by atoms with Crippen molar-refractivity contribution in [3.63, 3.8) is 0 Å². The van der Waals surface area contributed by atoms with Gasteiger partial charge in [-0.2, -0.15) is 0 Å². The molecular formula is C23H29NO4. The smallest absolute Gasteiger partial charge is 0.351 e. The number of hydrogen-bond donors (Lipinski definition) is 0. The van der Waals surface area contributed by atoms with Crippen molar-refractivity contribution < 1.29 is 13.9 Å². The molecule has 150 valence electrons. The third-order valence-electron chi connectivity index (χ3n) is 6.65. The SMILES string of the molecule is CCOC(=O)c1c(C)c2cc3c4c(c2oc1=O)C(C)(C)CCN4CCC3(C)C. The van der Waals surface area contributed by atoms with Crippen molar-refractivity contribution in [1.29, 1.82) is 0 Å². The summed E-state index contributed by atoms with van der Waals surface area (Å²) in [4.78, 5) is 27.6. The minimum Gasteiger partial charge on any atom is -0.462 e. The molecule has 3 heterocycles. The molecule has 2 aliphatic rings. The van der Waals surface area contributed by atoms with E-state index in [0.717, 1.165) is 36.9 Å². The normalized spacial score (nSPS) is 19.4. The maximum atomic E-state index is 12.8. The van der Waals surface area contributed by atoms with Crippen molar-refractivity contribution in [2.24, 2.45) is 0 Å². The molecule has 0 saturated heterocycles. The molecule has 1 aromatic heterocycles. The van der Waals surface area contributed by atoms with E-state index in [1.165, 1.54) is 11.3 Å². The molecule has 2 aliphatic heterocycles. The van der Waals surface area contributed by atoms with E-state index in [2.05, 4.69) is 38.7 Å². The van der Waals surface area contributed by atoms with Crippen molar-refractivity contribution in [3.05, 3.63) is 38.7 Å². The van der Waals surface area contributed by atoms with Gasteiger partial charge in [-0.05, 0) is 54.7 Å². The Bertz CT molecular complexity index is 1040. The lowest BCUT2D eigenvalue weighted by Crippen LogP contribution is -2.44. The highest BCUT2D eigenvalue weighted by Gasteiger charge is 2.42. The Labute approximate surface area is 165 Å². The van der Waals surface area contributed by atoms with Crippen LogP contribution in [-0.4, -0.2) is 25.7 Å². The van der Waals surface area contributed by atoms with Crippen molar-refractivity contribution >= 4 is 22.6 Å². The summed E-state index contributed by atoms with van der Waals surface area (Å²) in [5.41, 5.74) is 4.21. The Kier molecular flexibility index (Phi) is 4.15. The van der Waals surface area contributed by atoms with E-state index < -0.39 is 11.6 Å². The molecule has 4 rings (SSSR count). The Morgan fingerprint density at radius 3 is 2.46 bits per heavy atom. The Balaban J connectivity index is 2.15. The summed E-state index contributed by atoms with van der Waals surface area (Å²) in [5, 5.41) is 0.848. The fourth-order valence-electron chi connectivity index (χ4n) is 4.81. The number of rotatable bonds is 2. The number of nitrogens with zero attached hydrogens (tertiary/aromatic N) is 1. The van der Waals surface area contributed by atoms with Gasteiger partial charge in [-0.3, -0.25) is 0 Å². The largest absolute Gasteiger partial charge is 0.462 e. The van der Waals surface area contributed by atoms with Gasteiger partial charge in [0.15, 0.2) is 0 Å². The second kappa shape index (κ2) is 6.10. The van der Waals surface area contributed by atoms with Gasteiger partial charge in [0.2, 0.25) is 0 Å². The van der Waals surface area contributed by atoms with Crippen LogP contribution in [0.3, 0.4) is 0 Å². The summed E-state index contributed by atoms with van der Waals surface area (Å²) in [6.07, 6.45) is 2.08. The maximum Gasteiger partial charge on any atom is 0.351 e. The molecule has 5 nitrogen and oxygen atoms in total. The van der Waals surface area contributed by atoms with E-state index >= 15 is 0 Å². The quantitative estimate of drug-likeness (QED) is 0.566. The van der Waals surface area contributed by atoms with Gasteiger partial charge in [0.1, 0.15) is 11.1 Å². The third kappa shape index (κ3) is 2.59. The summed E-state index contributed by atoms with van der Waals surface area (Å²) in [5.74, 6) is -0.609. The van der Waals surface area contributed by atoms with Gasteiger partial charge in [-0.1, -0.05) is 27.7 Å². The van der Waals surface area contributed by atoms with Gasteiger partial charge in [-0.25, -0.2) is 9.59 Å². The van der Waals surface area contributed by atoms with E-state index in [9.17, 15) is 9.59 Å². The molecule has 0 amide bonds. The van der Waals surface area contributed by atoms with Gasteiger partial charge >= 0.3 is 11.6 Å². The number of esters is 1. The standard InChI is InChI=1S/C23H29NO4/c1-7-27-20(25)16-13(2)14-12-15-18-17(19(14)28-21(16)26)23(5,6)9-11-24(18)10-8-22(15,3)4/h12H,7-11H2,1-6H3. The molecule has 1 aromatic carbocycles. The Morgan fingerprint density at radius 2 is 1.82 bits per heavy atom. The fraction of sp³-hybridized carbons (Fsp3) is 0.565. The highest BCUT2D eigenvalue weighted by molar-refractivity contribution is 5.99. The van der Waals surface area contributed by atoms with Gasteiger partial charge in [0, 0.05) is 29.7 Å². The van der Waals surface area contributed by atoms with Crippen molar-refractivity contribution in [1.82, 2.24) is 0 Å². The van der Waals surface area contributed by atoms with Gasteiger partial charge < -0.3 is 14.1 Å². The van der Waals surface area contributed by atoms with Crippen molar-refractivity contribution in [3.8, 4) is 0 Å². The number of hydrogen-bond acceptors (Lipinski definition) is 5. The van der Waals surface area contributed by atoms with E-state index in [1.54, 1.807) is 6.92 Å². The van der Waals surface area contributed by atoms with Crippen molar-refractivity contribution in [2.75, 3.05) is 24.6 Å². The molecule has 0 unspecified atom stereocenters. The van der Waals surface area contributed by atoms with Crippen LogP contribution in [0.25, 0.3) is 11.0 Å². The zero-order chi connectivity index (χ0) is 20.4. The number of carbonyl (C=O) groups is 1. The molecule has 0 aliphatic carbocycles. The van der Waals surface area contributed by atoms with Crippen LogP contribution in [0.2, 0.25) is 0 Å². The Morgan fingerprint density at radius 1 is 1.18 bits per heavy atom. The van der Waals surface area contributed by atoms with E-state index in [-0.39, 0.29) is 23.0 Å². The van der Waals surface area contributed by atoms with Crippen LogP contribution >= 0.6 is 0 Å². The Hall–Kier alpha value is -2.30.